The van der Waals surface area contributed by atoms with Crippen molar-refractivity contribution in [2.75, 3.05) is 20.2 Å². The molecule has 0 aliphatic rings. The molecule has 0 aromatic heterocycles. The Morgan fingerprint density at radius 2 is 1.25 bits per heavy atom. The number of hydrogen-bond donors (Lipinski definition) is 0. The summed E-state index contributed by atoms with van der Waals surface area (Å²) in [6.07, 6.45) is 8.41. The second-order valence-electron chi connectivity index (χ2n) is 12.2. The lowest BCUT2D eigenvalue weighted by atomic mass is 9.97. The Bertz CT molecular complexity index is 1340. The summed E-state index contributed by atoms with van der Waals surface area (Å²) in [6.45, 7) is 20.2. The molecule has 8 heteroatoms. The van der Waals surface area contributed by atoms with Crippen molar-refractivity contribution in [1.82, 2.24) is 0 Å². The van der Waals surface area contributed by atoms with E-state index in [2.05, 4.69) is 13.2 Å². The third kappa shape index (κ3) is 10.7. The topological polar surface area (TPSA) is 97.4 Å². The van der Waals surface area contributed by atoms with Gasteiger partial charge < -0.3 is 23.7 Å². The average molecular weight is 607 g/mol. The van der Waals surface area contributed by atoms with Crippen molar-refractivity contribution in [1.29, 1.82) is 0 Å². The van der Waals surface area contributed by atoms with Gasteiger partial charge in [0, 0.05) is 5.56 Å². The molecule has 0 unspecified atom stereocenters. The van der Waals surface area contributed by atoms with Crippen molar-refractivity contribution >= 4 is 23.8 Å². The van der Waals surface area contributed by atoms with Crippen LogP contribution >= 0.6 is 0 Å². The largest absolute Gasteiger partial charge is 0.493 e. The fourth-order valence-electron chi connectivity index (χ4n) is 3.80. The maximum Gasteiger partial charge on any atom is 0.314 e. The van der Waals surface area contributed by atoms with Crippen LogP contribution in [-0.4, -0.2) is 37.9 Å². The predicted molar refractivity (Wildman–Crippen MR) is 172 cm³/mol. The van der Waals surface area contributed by atoms with Crippen molar-refractivity contribution in [2.45, 2.75) is 67.7 Å². The van der Waals surface area contributed by atoms with Crippen molar-refractivity contribution in [3.05, 3.63) is 84.0 Å². The predicted octanol–water partition coefficient (Wildman–Crippen LogP) is 7.68. The minimum Gasteiger partial charge on any atom is -0.493 e. The van der Waals surface area contributed by atoms with Crippen LogP contribution in [0.3, 0.4) is 0 Å². The Kier molecular flexibility index (Phi) is 13.4. The van der Waals surface area contributed by atoms with Gasteiger partial charge in [-0.05, 0) is 114 Å². The summed E-state index contributed by atoms with van der Waals surface area (Å²) in [5.74, 6) is 0.412. The van der Waals surface area contributed by atoms with E-state index in [0.717, 1.165) is 17.5 Å². The third-order valence-corrected chi connectivity index (χ3v) is 6.17. The summed E-state index contributed by atoms with van der Waals surface area (Å²) in [5, 5.41) is 0. The molecule has 44 heavy (non-hydrogen) atoms. The first kappa shape index (κ1) is 35.9. The maximum atomic E-state index is 13.2. The van der Waals surface area contributed by atoms with E-state index >= 15 is 0 Å². The van der Waals surface area contributed by atoms with Gasteiger partial charge in [0.15, 0.2) is 5.78 Å². The van der Waals surface area contributed by atoms with Gasteiger partial charge in [0.1, 0.15) is 17.2 Å². The molecular formula is C36H46O8. The molecule has 0 aliphatic carbocycles. The summed E-state index contributed by atoms with van der Waals surface area (Å²) in [4.78, 5) is 37.5. The normalized spacial score (nSPS) is 11.5. The lowest BCUT2D eigenvalue weighted by molar-refractivity contribution is -0.160. The van der Waals surface area contributed by atoms with E-state index in [9.17, 15) is 14.4 Å². The monoisotopic (exact) mass is 606 g/mol. The average Bonchev–Trinajstić information content (AvgIpc) is 2.95. The number of ketones is 1. The number of rotatable bonds is 16. The number of ether oxygens (including phenoxy) is 5. The summed E-state index contributed by atoms with van der Waals surface area (Å²) < 4.78 is 28.3. The van der Waals surface area contributed by atoms with E-state index in [0.29, 0.717) is 47.8 Å². The smallest absolute Gasteiger partial charge is 0.314 e. The molecular weight excluding hydrogens is 560 g/mol. The standard InChI is InChI=1S/C36H46O8/c1-10-13-26-22-27(14-11-2)32(42-24-44-34(39)36(7,8)9)29(31(26)40-21-12-3)19-20-30(37)25-15-17-28(18-16-25)41-23-43-33(38)35(4,5)6/h10-11,15-20,22H,1-2,12-14,21,23-24H2,3-9H3/b20-19+. The molecule has 0 heterocycles. The van der Waals surface area contributed by atoms with Crippen LogP contribution in [0.15, 0.2) is 61.7 Å². The molecule has 0 fully saturated rings. The SMILES string of the molecule is C=CCc1cc(CC=C)c(OCOC(=O)C(C)(C)C)c(/C=C/C(=O)c2ccc(OCOC(=O)C(C)(C)C)cc2)c1OCCC. The second kappa shape index (κ2) is 16.5. The molecule has 0 radical (unpaired) electrons. The summed E-state index contributed by atoms with van der Waals surface area (Å²) in [7, 11) is 0. The Hall–Kier alpha value is -4.33. The van der Waals surface area contributed by atoms with E-state index in [1.165, 1.54) is 6.08 Å². The summed E-state index contributed by atoms with van der Waals surface area (Å²) >= 11 is 0. The van der Waals surface area contributed by atoms with Crippen molar-refractivity contribution < 1.29 is 38.1 Å². The number of allylic oxidation sites excluding steroid dienone is 3. The highest BCUT2D eigenvalue weighted by Gasteiger charge is 2.25. The van der Waals surface area contributed by atoms with E-state index in [1.54, 1.807) is 84.0 Å². The molecule has 0 atom stereocenters. The van der Waals surface area contributed by atoms with Crippen molar-refractivity contribution in [3.8, 4) is 17.2 Å². The van der Waals surface area contributed by atoms with Crippen LogP contribution in [0.2, 0.25) is 0 Å². The lowest BCUT2D eigenvalue weighted by Gasteiger charge is -2.22. The van der Waals surface area contributed by atoms with Gasteiger partial charge in [0.25, 0.3) is 0 Å². The Morgan fingerprint density at radius 1 is 0.750 bits per heavy atom. The van der Waals surface area contributed by atoms with Gasteiger partial charge in [-0.15, -0.1) is 13.2 Å². The van der Waals surface area contributed by atoms with Gasteiger partial charge in [-0.3, -0.25) is 14.4 Å². The van der Waals surface area contributed by atoms with Gasteiger partial charge in [-0.1, -0.05) is 19.1 Å². The molecule has 0 bridgehead atoms. The van der Waals surface area contributed by atoms with Gasteiger partial charge in [0.05, 0.1) is 23.0 Å². The fraction of sp³-hybridized carbons (Fsp3) is 0.417. The van der Waals surface area contributed by atoms with E-state index in [4.69, 9.17) is 23.7 Å². The molecule has 0 aliphatic heterocycles. The zero-order valence-electron chi connectivity index (χ0n) is 27.1. The molecule has 8 nitrogen and oxygen atoms in total. The lowest BCUT2D eigenvalue weighted by Crippen LogP contribution is -2.25. The molecule has 0 saturated heterocycles. The number of carbonyl (C=O) groups excluding carboxylic acids is 3. The third-order valence-electron chi connectivity index (χ3n) is 6.17. The van der Waals surface area contributed by atoms with Gasteiger partial charge in [0.2, 0.25) is 13.6 Å². The molecule has 238 valence electrons. The Morgan fingerprint density at radius 3 is 1.73 bits per heavy atom. The summed E-state index contributed by atoms with van der Waals surface area (Å²) in [6, 6.07) is 8.48. The minimum atomic E-state index is -0.691. The van der Waals surface area contributed by atoms with Crippen LogP contribution < -0.4 is 14.2 Å². The zero-order chi connectivity index (χ0) is 32.9. The van der Waals surface area contributed by atoms with Crippen molar-refractivity contribution in [3.63, 3.8) is 0 Å². The van der Waals surface area contributed by atoms with Crippen LogP contribution in [-0.2, 0) is 31.9 Å². The fourth-order valence-corrected chi connectivity index (χ4v) is 3.80. The van der Waals surface area contributed by atoms with E-state index in [-0.39, 0.29) is 25.3 Å². The van der Waals surface area contributed by atoms with E-state index in [1.807, 2.05) is 13.0 Å². The highest BCUT2D eigenvalue weighted by molar-refractivity contribution is 6.07. The van der Waals surface area contributed by atoms with Gasteiger partial charge in [-0.2, -0.15) is 0 Å². The molecule has 0 saturated carbocycles. The zero-order valence-corrected chi connectivity index (χ0v) is 27.1. The van der Waals surface area contributed by atoms with Gasteiger partial charge >= 0.3 is 11.9 Å². The number of esters is 2. The first-order valence-corrected chi connectivity index (χ1v) is 14.7. The van der Waals surface area contributed by atoms with Crippen LogP contribution in [0.4, 0.5) is 0 Å². The molecule has 0 spiro atoms. The Balaban J connectivity index is 2.41. The second-order valence-corrected chi connectivity index (χ2v) is 12.2. The molecule has 2 rings (SSSR count). The highest BCUT2D eigenvalue weighted by Crippen LogP contribution is 2.39. The first-order valence-electron chi connectivity index (χ1n) is 14.7. The maximum absolute atomic E-state index is 13.2. The van der Waals surface area contributed by atoms with Crippen molar-refractivity contribution in [2.24, 2.45) is 10.8 Å². The molecule has 0 N–H and O–H groups in total. The number of benzene rings is 2. The number of hydrogen-bond acceptors (Lipinski definition) is 8. The van der Waals surface area contributed by atoms with Crippen LogP contribution in [0, 0.1) is 10.8 Å². The molecule has 2 aromatic carbocycles. The first-order chi connectivity index (χ1) is 20.7. The Labute approximate surface area is 261 Å². The van der Waals surface area contributed by atoms with Gasteiger partial charge in [-0.25, -0.2) is 0 Å². The number of carbonyl (C=O) groups is 3. The van der Waals surface area contributed by atoms with Crippen LogP contribution in [0.25, 0.3) is 6.08 Å². The van der Waals surface area contributed by atoms with Crippen LogP contribution in [0.1, 0.15) is 81.9 Å². The molecule has 2 aromatic rings. The van der Waals surface area contributed by atoms with Crippen LogP contribution in [0.5, 0.6) is 17.2 Å². The minimum absolute atomic E-state index is 0.230. The quantitative estimate of drug-likeness (QED) is 0.0631. The van der Waals surface area contributed by atoms with E-state index < -0.39 is 16.8 Å². The molecule has 0 amide bonds. The summed E-state index contributed by atoms with van der Waals surface area (Å²) in [5.41, 5.74) is 1.33. The highest BCUT2D eigenvalue weighted by atomic mass is 16.7.